The van der Waals surface area contributed by atoms with Gasteiger partial charge in [-0.3, -0.25) is 0 Å². The molecule has 0 unspecified atom stereocenters. The second kappa shape index (κ2) is 7.09. The second-order valence-corrected chi connectivity index (χ2v) is 8.81. The number of aromatic hydroxyl groups is 2. The standard InChI is InChI=1S/C22H31NO2/c1-21(2,3)17-9-7-15(11-19(17)24)13-23-14-16-8-10-18(20(25)12-16)22(4,5)6/h7-12,23-25H,13-14H2,1-6H3. The van der Waals surface area contributed by atoms with Crippen LogP contribution in [0.4, 0.5) is 0 Å². The molecule has 2 rings (SSSR count). The summed E-state index contributed by atoms with van der Waals surface area (Å²) in [6.45, 7) is 13.9. The highest BCUT2D eigenvalue weighted by atomic mass is 16.3. The van der Waals surface area contributed by atoms with Crippen molar-refractivity contribution in [1.82, 2.24) is 5.32 Å². The average molecular weight is 341 g/mol. The van der Waals surface area contributed by atoms with Gasteiger partial charge in [0.1, 0.15) is 11.5 Å². The second-order valence-electron chi connectivity index (χ2n) is 8.81. The molecule has 0 aliphatic rings. The van der Waals surface area contributed by atoms with Crippen LogP contribution in [0.5, 0.6) is 11.5 Å². The van der Waals surface area contributed by atoms with E-state index < -0.39 is 0 Å². The molecule has 2 aromatic carbocycles. The smallest absolute Gasteiger partial charge is 0.119 e. The summed E-state index contributed by atoms with van der Waals surface area (Å²) in [5, 5.41) is 23.8. The monoisotopic (exact) mass is 341 g/mol. The Morgan fingerprint density at radius 1 is 0.680 bits per heavy atom. The van der Waals surface area contributed by atoms with E-state index in [1.807, 2.05) is 36.4 Å². The first kappa shape index (κ1) is 19.3. The Morgan fingerprint density at radius 3 is 1.32 bits per heavy atom. The molecule has 3 heteroatoms. The lowest BCUT2D eigenvalue weighted by Crippen LogP contribution is -2.15. The molecular formula is C22H31NO2. The summed E-state index contributed by atoms with van der Waals surface area (Å²) < 4.78 is 0. The summed E-state index contributed by atoms with van der Waals surface area (Å²) in [6.07, 6.45) is 0. The van der Waals surface area contributed by atoms with Gasteiger partial charge in [-0.1, -0.05) is 65.8 Å². The maximum absolute atomic E-state index is 10.2. The number of rotatable bonds is 4. The summed E-state index contributed by atoms with van der Waals surface area (Å²) >= 11 is 0. The van der Waals surface area contributed by atoms with Gasteiger partial charge in [0.05, 0.1) is 0 Å². The zero-order valence-electron chi connectivity index (χ0n) is 16.3. The Bertz CT molecular complexity index is 673. The van der Waals surface area contributed by atoms with Crippen LogP contribution in [-0.2, 0) is 23.9 Å². The van der Waals surface area contributed by atoms with Gasteiger partial charge in [0.2, 0.25) is 0 Å². The molecule has 0 amide bonds. The minimum Gasteiger partial charge on any atom is -0.508 e. The van der Waals surface area contributed by atoms with E-state index in [4.69, 9.17) is 0 Å². The van der Waals surface area contributed by atoms with Gasteiger partial charge in [-0.25, -0.2) is 0 Å². The van der Waals surface area contributed by atoms with E-state index in [0.29, 0.717) is 24.6 Å². The van der Waals surface area contributed by atoms with E-state index in [-0.39, 0.29) is 10.8 Å². The number of benzene rings is 2. The van der Waals surface area contributed by atoms with Crippen molar-refractivity contribution in [3.63, 3.8) is 0 Å². The maximum Gasteiger partial charge on any atom is 0.119 e. The molecule has 0 radical (unpaired) electrons. The third kappa shape index (κ3) is 4.99. The summed E-state index contributed by atoms with van der Waals surface area (Å²) in [5.74, 6) is 0.693. The fourth-order valence-corrected chi connectivity index (χ4v) is 2.99. The number of phenols is 2. The van der Waals surface area contributed by atoms with Crippen molar-refractivity contribution < 1.29 is 10.2 Å². The van der Waals surface area contributed by atoms with Crippen molar-refractivity contribution in [2.45, 2.75) is 65.5 Å². The first-order valence-electron chi connectivity index (χ1n) is 8.84. The topological polar surface area (TPSA) is 52.5 Å². The van der Waals surface area contributed by atoms with Crippen molar-refractivity contribution in [3.8, 4) is 11.5 Å². The summed E-state index contributed by atoms with van der Waals surface area (Å²) in [6, 6.07) is 11.7. The molecule has 0 saturated heterocycles. The van der Waals surface area contributed by atoms with E-state index in [1.54, 1.807) is 0 Å². The van der Waals surface area contributed by atoms with E-state index >= 15 is 0 Å². The average Bonchev–Trinajstić information content (AvgIpc) is 2.44. The van der Waals surface area contributed by atoms with Crippen LogP contribution in [-0.4, -0.2) is 10.2 Å². The van der Waals surface area contributed by atoms with Crippen LogP contribution in [0.1, 0.15) is 63.8 Å². The Labute approximate surface area is 151 Å². The third-order valence-electron chi connectivity index (χ3n) is 4.40. The molecule has 0 aromatic heterocycles. The van der Waals surface area contributed by atoms with Crippen LogP contribution >= 0.6 is 0 Å². The molecule has 0 saturated carbocycles. The minimum atomic E-state index is -0.0671. The van der Waals surface area contributed by atoms with Gasteiger partial charge in [-0.2, -0.15) is 0 Å². The lowest BCUT2D eigenvalue weighted by Gasteiger charge is -2.21. The molecule has 2 aromatic rings. The zero-order valence-corrected chi connectivity index (χ0v) is 16.3. The third-order valence-corrected chi connectivity index (χ3v) is 4.40. The SMILES string of the molecule is CC(C)(C)c1ccc(CNCc2ccc(C(C)(C)C)c(O)c2)cc1O. The summed E-state index contributed by atoms with van der Waals surface area (Å²) in [5.41, 5.74) is 3.87. The highest BCUT2D eigenvalue weighted by Gasteiger charge is 2.19. The van der Waals surface area contributed by atoms with Crippen molar-refractivity contribution in [1.29, 1.82) is 0 Å². The van der Waals surface area contributed by atoms with Crippen LogP contribution in [0.2, 0.25) is 0 Å². The normalized spacial score (nSPS) is 12.4. The Kier molecular flexibility index (Phi) is 5.48. The van der Waals surface area contributed by atoms with Gasteiger partial charge in [0, 0.05) is 13.1 Å². The molecule has 0 aliphatic heterocycles. The summed E-state index contributed by atoms with van der Waals surface area (Å²) in [4.78, 5) is 0. The number of hydrogen-bond donors (Lipinski definition) is 3. The minimum absolute atomic E-state index is 0.0671. The van der Waals surface area contributed by atoms with Crippen molar-refractivity contribution in [2.24, 2.45) is 0 Å². The molecule has 0 bridgehead atoms. The molecular weight excluding hydrogens is 310 g/mol. The number of phenolic OH excluding ortho intramolecular Hbond substituents is 2. The van der Waals surface area contributed by atoms with Crippen molar-refractivity contribution in [2.75, 3.05) is 0 Å². The quantitative estimate of drug-likeness (QED) is 0.735. The molecule has 3 nitrogen and oxygen atoms in total. The van der Waals surface area contributed by atoms with Gasteiger partial charge < -0.3 is 15.5 Å². The zero-order chi connectivity index (χ0) is 18.8. The van der Waals surface area contributed by atoms with Gasteiger partial charge in [-0.15, -0.1) is 0 Å². The van der Waals surface area contributed by atoms with Crippen LogP contribution in [0.25, 0.3) is 0 Å². The highest BCUT2D eigenvalue weighted by molar-refractivity contribution is 5.41. The van der Waals surface area contributed by atoms with Crippen LogP contribution in [0.15, 0.2) is 36.4 Å². The van der Waals surface area contributed by atoms with Crippen LogP contribution < -0.4 is 5.32 Å². The first-order valence-corrected chi connectivity index (χ1v) is 8.84. The highest BCUT2D eigenvalue weighted by Crippen LogP contribution is 2.32. The van der Waals surface area contributed by atoms with Crippen molar-refractivity contribution in [3.05, 3.63) is 58.7 Å². The predicted octanol–water partition coefficient (Wildman–Crippen LogP) is 4.98. The first-order chi connectivity index (χ1) is 11.5. The summed E-state index contributed by atoms with van der Waals surface area (Å²) in [7, 11) is 0. The van der Waals surface area contributed by atoms with Crippen LogP contribution in [0, 0.1) is 0 Å². The maximum atomic E-state index is 10.2. The Morgan fingerprint density at radius 2 is 1.04 bits per heavy atom. The van der Waals surface area contributed by atoms with Gasteiger partial charge in [0.15, 0.2) is 0 Å². The molecule has 0 heterocycles. The predicted molar refractivity (Wildman–Crippen MR) is 104 cm³/mol. The molecule has 25 heavy (non-hydrogen) atoms. The Balaban J connectivity index is 1.99. The molecule has 3 N–H and O–H groups in total. The van der Waals surface area contributed by atoms with Crippen molar-refractivity contribution >= 4 is 0 Å². The molecule has 0 fully saturated rings. The molecule has 136 valence electrons. The van der Waals surface area contributed by atoms with E-state index in [2.05, 4.69) is 46.9 Å². The number of nitrogens with one attached hydrogen (secondary N) is 1. The number of hydrogen-bond acceptors (Lipinski definition) is 3. The molecule has 0 spiro atoms. The largest absolute Gasteiger partial charge is 0.508 e. The molecule has 0 atom stereocenters. The van der Waals surface area contributed by atoms with E-state index in [1.165, 1.54) is 0 Å². The Hall–Kier alpha value is -2.00. The fourth-order valence-electron chi connectivity index (χ4n) is 2.99. The fraction of sp³-hybridized carbons (Fsp3) is 0.455. The van der Waals surface area contributed by atoms with Gasteiger partial charge in [0.25, 0.3) is 0 Å². The molecule has 0 aliphatic carbocycles. The lowest BCUT2D eigenvalue weighted by atomic mass is 9.86. The lowest BCUT2D eigenvalue weighted by molar-refractivity contribution is 0.445. The van der Waals surface area contributed by atoms with Crippen LogP contribution in [0.3, 0.4) is 0 Å². The van der Waals surface area contributed by atoms with Gasteiger partial charge >= 0.3 is 0 Å². The van der Waals surface area contributed by atoms with E-state index in [9.17, 15) is 10.2 Å². The van der Waals surface area contributed by atoms with Gasteiger partial charge in [-0.05, 0) is 45.2 Å². The van der Waals surface area contributed by atoms with E-state index in [0.717, 1.165) is 22.3 Å².